The van der Waals surface area contributed by atoms with Gasteiger partial charge in [0.05, 0.1) is 11.5 Å². The fourth-order valence-electron chi connectivity index (χ4n) is 3.86. The summed E-state index contributed by atoms with van der Waals surface area (Å²) in [6.07, 6.45) is 2.42. The van der Waals surface area contributed by atoms with E-state index in [1.54, 1.807) is 67.6 Å². The minimum atomic E-state index is -0.563. The molecule has 3 aromatic carbocycles. The lowest BCUT2D eigenvalue weighted by Gasteiger charge is -2.13. The van der Waals surface area contributed by atoms with E-state index in [2.05, 4.69) is 10.6 Å². The van der Waals surface area contributed by atoms with Crippen LogP contribution in [0.4, 0.5) is 16.2 Å². The van der Waals surface area contributed by atoms with E-state index in [1.165, 1.54) is 0 Å². The van der Waals surface area contributed by atoms with Crippen LogP contribution in [-0.4, -0.2) is 47.6 Å². The van der Waals surface area contributed by atoms with Crippen LogP contribution in [0.25, 0.3) is 6.08 Å². The number of carbonyl (C=O) groups is 4. The number of rotatable bonds is 11. The van der Waals surface area contributed by atoms with Gasteiger partial charge < -0.3 is 20.1 Å². The first kappa shape index (κ1) is 29.7. The van der Waals surface area contributed by atoms with Crippen LogP contribution >= 0.6 is 23.4 Å². The second kappa shape index (κ2) is 13.9. The summed E-state index contributed by atoms with van der Waals surface area (Å²) < 4.78 is 11.3. The summed E-state index contributed by atoms with van der Waals surface area (Å²) in [6, 6.07) is 19.1. The molecule has 41 heavy (non-hydrogen) atoms. The maximum absolute atomic E-state index is 12.9. The van der Waals surface area contributed by atoms with Crippen molar-refractivity contribution in [1.82, 2.24) is 4.90 Å². The Labute approximate surface area is 246 Å². The number of imide groups is 1. The van der Waals surface area contributed by atoms with E-state index in [-0.39, 0.29) is 17.4 Å². The quantitative estimate of drug-likeness (QED) is 0.262. The minimum Gasteiger partial charge on any atom is -0.490 e. The Balaban J connectivity index is 1.39. The van der Waals surface area contributed by atoms with Gasteiger partial charge in [0, 0.05) is 16.4 Å². The topological polar surface area (TPSA) is 114 Å². The molecule has 1 aliphatic heterocycles. The molecule has 1 fully saturated rings. The molecule has 0 saturated carbocycles. The van der Waals surface area contributed by atoms with E-state index < -0.39 is 23.6 Å². The number of halogens is 1. The molecule has 0 radical (unpaired) electrons. The number of hydrogen-bond donors (Lipinski definition) is 2. The molecule has 0 bridgehead atoms. The van der Waals surface area contributed by atoms with Crippen molar-refractivity contribution in [2.75, 3.05) is 30.4 Å². The van der Waals surface area contributed by atoms with Gasteiger partial charge in [0.2, 0.25) is 5.91 Å². The fourth-order valence-corrected chi connectivity index (χ4v) is 4.89. The van der Waals surface area contributed by atoms with Gasteiger partial charge >= 0.3 is 0 Å². The predicted octanol–water partition coefficient (Wildman–Crippen LogP) is 5.99. The number of ether oxygens (including phenoxy) is 2. The molecule has 0 spiro atoms. The maximum Gasteiger partial charge on any atom is 0.294 e. The van der Waals surface area contributed by atoms with Crippen molar-refractivity contribution in [2.45, 2.75) is 20.3 Å². The monoisotopic (exact) mass is 593 g/mol. The molecule has 0 aliphatic carbocycles. The average Bonchev–Trinajstić information content (AvgIpc) is 3.20. The molecule has 4 rings (SSSR count). The van der Waals surface area contributed by atoms with Crippen molar-refractivity contribution >= 4 is 63.8 Å². The van der Waals surface area contributed by atoms with Crippen molar-refractivity contribution in [2.24, 2.45) is 0 Å². The number of aryl methyl sites for hydroxylation is 1. The molecule has 0 aromatic heterocycles. The normalized spacial score (nSPS) is 13.8. The summed E-state index contributed by atoms with van der Waals surface area (Å²) >= 11 is 6.71. The number of nitrogens with one attached hydrogen (secondary N) is 2. The maximum atomic E-state index is 12.9. The van der Waals surface area contributed by atoms with E-state index >= 15 is 0 Å². The van der Waals surface area contributed by atoms with E-state index in [0.29, 0.717) is 40.1 Å². The number of amides is 4. The molecule has 1 aliphatic rings. The Morgan fingerprint density at radius 1 is 0.902 bits per heavy atom. The highest BCUT2D eigenvalue weighted by Crippen LogP contribution is 2.34. The van der Waals surface area contributed by atoms with Gasteiger partial charge in [-0.3, -0.25) is 24.1 Å². The molecule has 212 valence electrons. The van der Waals surface area contributed by atoms with Gasteiger partial charge in [-0.25, -0.2) is 0 Å². The highest BCUT2D eigenvalue weighted by atomic mass is 35.5. The Hall–Kier alpha value is -4.28. The third kappa shape index (κ3) is 8.12. The van der Waals surface area contributed by atoms with Crippen LogP contribution in [0.5, 0.6) is 11.5 Å². The number of thioether (sulfide) groups is 1. The third-order valence-electron chi connectivity index (χ3n) is 5.85. The molecule has 2 N–H and O–H groups in total. The van der Waals surface area contributed by atoms with Gasteiger partial charge in [-0.05, 0) is 84.8 Å². The van der Waals surface area contributed by atoms with Crippen LogP contribution in [0.3, 0.4) is 0 Å². The van der Waals surface area contributed by atoms with Crippen LogP contribution in [0, 0.1) is 0 Å². The second-order valence-electron chi connectivity index (χ2n) is 8.85. The zero-order chi connectivity index (χ0) is 29.4. The zero-order valence-corrected chi connectivity index (χ0v) is 24.0. The van der Waals surface area contributed by atoms with Gasteiger partial charge in [-0.15, -0.1) is 0 Å². The van der Waals surface area contributed by atoms with Gasteiger partial charge in [0.25, 0.3) is 17.1 Å². The lowest BCUT2D eigenvalue weighted by Crippen LogP contribution is -2.36. The molecular weight excluding hydrogens is 566 g/mol. The molecule has 3 aromatic rings. The van der Waals surface area contributed by atoms with E-state index in [1.807, 2.05) is 19.1 Å². The molecule has 1 saturated heterocycles. The molecule has 11 heteroatoms. The molecule has 1 heterocycles. The molecule has 9 nitrogen and oxygen atoms in total. The van der Waals surface area contributed by atoms with Gasteiger partial charge in [0.15, 0.2) is 18.1 Å². The summed E-state index contributed by atoms with van der Waals surface area (Å²) in [5.41, 5.74) is 2.84. The minimum absolute atomic E-state index is 0.173. The lowest BCUT2D eigenvalue weighted by atomic mass is 10.1. The first-order chi connectivity index (χ1) is 19.7. The Kier molecular flexibility index (Phi) is 10.0. The molecule has 0 unspecified atom stereocenters. The van der Waals surface area contributed by atoms with E-state index in [9.17, 15) is 19.2 Å². The standard InChI is InChI=1S/C30H28ClN3O6S/c1-3-19-8-11-22(12-9-19)32-27(35)17-34-29(37)26(41-30(34)38)15-20-10-13-24(25(14-20)39-4-2)40-18-28(36)33-23-7-5-6-21(31)16-23/h5-16H,3-4,17-18H2,1-2H3,(H,32,35)(H,33,36)/b26-15+. The summed E-state index contributed by atoms with van der Waals surface area (Å²) in [6.45, 7) is 3.51. The summed E-state index contributed by atoms with van der Waals surface area (Å²) in [4.78, 5) is 51.4. The second-order valence-corrected chi connectivity index (χ2v) is 10.3. The summed E-state index contributed by atoms with van der Waals surface area (Å²) in [5, 5.41) is 5.38. The van der Waals surface area contributed by atoms with E-state index in [0.717, 1.165) is 28.6 Å². The predicted molar refractivity (Wildman–Crippen MR) is 160 cm³/mol. The van der Waals surface area contributed by atoms with Crippen LogP contribution in [0.1, 0.15) is 25.0 Å². The van der Waals surface area contributed by atoms with Crippen LogP contribution in [0.2, 0.25) is 5.02 Å². The van der Waals surface area contributed by atoms with Crippen molar-refractivity contribution in [3.8, 4) is 11.5 Å². The molecule has 0 atom stereocenters. The zero-order valence-electron chi connectivity index (χ0n) is 22.4. The van der Waals surface area contributed by atoms with Crippen molar-refractivity contribution in [3.05, 3.63) is 87.8 Å². The Morgan fingerprint density at radius 2 is 1.66 bits per heavy atom. The largest absolute Gasteiger partial charge is 0.490 e. The number of anilines is 2. The number of hydrogen-bond acceptors (Lipinski definition) is 7. The van der Waals surface area contributed by atoms with Crippen molar-refractivity contribution in [3.63, 3.8) is 0 Å². The first-order valence-electron chi connectivity index (χ1n) is 12.8. The summed E-state index contributed by atoms with van der Waals surface area (Å²) in [5.74, 6) is -0.717. The third-order valence-corrected chi connectivity index (χ3v) is 7.00. The highest BCUT2D eigenvalue weighted by Gasteiger charge is 2.36. The number of nitrogens with zero attached hydrogens (tertiary/aromatic N) is 1. The van der Waals surface area contributed by atoms with Crippen molar-refractivity contribution in [1.29, 1.82) is 0 Å². The van der Waals surface area contributed by atoms with Crippen molar-refractivity contribution < 1.29 is 28.7 Å². The average molecular weight is 594 g/mol. The van der Waals surface area contributed by atoms with Crippen LogP contribution in [0.15, 0.2) is 71.6 Å². The molecular formula is C30H28ClN3O6S. The van der Waals surface area contributed by atoms with Gasteiger partial charge in [0.1, 0.15) is 6.54 Å². The van der Waals surface area contributed by atoms with Gasteiger partial charge in [-0.1, -0.05) is 42.8 Å². The number of benzene rings is 3. The first-order valence-corrected chi connectivity index (χ1v) is 14.0. The Morgan fingerprint density at radius 3 is 2.37 bits per heavy atom. The Bertz CT molecular complexity index is 1490. The van der Waals surface area contributed by atoms with Gasteiger partial charge in [-0.2, -0.15) is 0 Å². The highest BCUT2D eigenvalue weighted by molar-refractivity contribution is 8.18. The van der Waals surface area contributed by atoms with Crippen LogP contribution in [-0.2, 0) is 20.8 Å². The number of carbonyl (C=O) groups excluding carboxylic acids is 4. The smallest absolute Gasteiger partial charge is 0.294 e. The van der Waals surface area contributed by atoms with E-state index in [4.69, 9.17) is 21.1 Å². The SMILES string of the molecule is CCOc1cc(/C=C2/SC(=O)N(CC(=O)Nc3ccc(CC)cc3)C2=O)ccc1OCC(=O)Nc1cccc(Cl)c1. The fraction of sp³-hybridized carbons (Fsp3) is 0.200. The summed E-state index contributed by atoms with van der Waals surface area (Å²) in [7, 11) is 0. The molecule has 4 amide bonds. The lowest BCUT2D eigenvalue weighted by molar-refractivity contribution is -0.127. The van der Waals surface area contributed by atoms with Crippen LogP contribution < -0.4 is 20.1 Å².